The molecular formula is H4BaCrO4Zr. The van der Waals surface area contributed by atoms with E-state index in [-0.39, 0.29) is 77.9 Å². The Kier molecular flexibility index (Phi) is 15.4. The van der Waals surface area contributed by atoms with Crippen LogP contribution in [0.2, 0.25) is 0 Å². The number of hydrogen-bond acceptors (Lipinski definition) is 2. The molecule has 0 unspecified atom stereocenters. The molecule has 0 amide bonds. The van der Waals surface area contributed by atoms with Gasteiger partial charge in [0.25, 0.3) is 0 Å². The molecule has 0 saturated carbocycles. The molecule has 0 fully saturated rings. The monoisotopic (exact) mass is 348 g/mol. The molecule has 0 spiro atoms. The molecule has 0 heterocycles. The molecule has 4 nitrogen and oxygen atoms in total. The van der Waals surface area contributed by atoms with E-state index in [1.807, 2.05) is 0 Å². The van der Waals surface area contributed by atoms with Gasteiger partial charge in [-0.1, -0.05) is 0 Å². The first kappa shape index (κ1) is 16.2. The summed E-state index contributed by atoms with van der Waals surface area (Å²) in [6, 6.07) is 0. The number of hydrogen-bond donors (Lipinski definition) is 2. The van der Waals surface area contributed by atoms with Gasteiger partial charge in [0.15, 0.2) is 0 Å². The average Bonchev–Trinajstić information content (AvgIpc) is 0.722. The summed E-state index contributed by atoms with van der Waals surface area (Å²) in [6.07, 6.45) is 0. The predicted molar refractivity (Wildman–Crippen MR) is 13.8 cm³/mol. The topological polar surface area (TPSA) is 74.6 Å². The predicted octanol–water partition coefficient (Wildman–Crippen LogP) is -1.51. The van der Waals surface area contributed by atoms with Crippen LogP contribution in [0.3, 0.4) is 0 Å². The first-order valence-electron chi connectivity index (χ1n) is 0.698. The van der Waals surface area contributed by atoms with Gasteiger partial charge in [-0.25, -0.2) is 0 Å². The van der Waals surface area contributed by atoms with E-state index >= 15 is 0 Å². The van der Waals surface area contributed by atoms with Crippen LogP contribution in [-0.4, -0.2) is 57.2 Å². The summed E-state index contributed by atoms with van der Waals surface area (Å²) >= 11 is -5.25. The summed E-state index contributed by atoms with van der Waals surface area (Å²) in [5.74, 6) is 0. The smallest absolute Gasteiger partial charge is 0 e. The Morgan fingerprint density at radius 3 is 1.29 bits per heavy atom. The number of rotatable bonds is 0. The minimum absolute atomic E-state index is 0. The molecule has 0 aliphatic heterocycles. The van der Waals surface area contributed by atoms with Crippen molar-refractivity contribution in [2.24, 2.45) is 0 Å². The first-order chi connectivity index (χ1) is 2.00. The van der Waals surface area contributed by atoms with Crippen molar-refractivity contribution in [1.82, 2.24) is 0 Å². The van der Waals surface area contributed by atoms with Crippen molar-refractivity contribution in [3.63, 3.8) is 0 Å². The minimum atomic E-state index is -5.25. The Hall–Kier alpha value is 2.51. The summed E-state index contributed by atoms with van der Waals surface area (Å²) in [6.45, 7) is 0. The van der Waals surface area contributed by atoms with E-state index in [1.54, 1.807) is 0 Å². The van der Waals surface area contributed by atoms with Crippen molar-refractivity contribution in [3.05, 3.63) is 0 Å². The van der Waals surface area contributed by atoms with Gasteiger partial charge in [0.2, 0.25) is 0 Å². The van der Waals surface area contributed by atoms with Crippen LogP contribution in [0.5, 0.6) is 0 Å². The fraction of sp³-hybridized carbons (Fsp3) is 0. The van der Waals surface area contributed by atoms with Gasteiger partial charge >= 0.3 is 78.4 Å². The van der Waals surface area contributed by atoms with Crippen LogP contribution in [0.15, 0.2) is 0 Å². The third-order valence-electron chi connectivity index (χ3n) is 0. The van der Waals surface area contributed by atoms with Crippen LogP contribution in [0, 0.1) is 0 Å². The summed E-state index contributed by atoms with van der Waals surface area (Å²) < 4.78 is 31.9. The van der Waals surface area contributed by atoms with Crippen LogP contribution in [0.1, 0.15) is 2.85 Å². The van der Waals surface area contributed by atoms with Gasteiger partial charge in [-0.2, -0.15) is 0 Å². The molecule has 7 heavy (non-hydrogen) atoms. The quantitative estimate of drug-likeness (QED) is 0.522. The molecule has 0 aromatic rings. The summed E-state index contributed by atoms with van der Waals surface area (Å²) in [5, 5.41) is 0. The minimum Gasteiger partial charge on any atom is 0 e. The first-order valence-corrected chi connectivity index (χ1v) is 2.88. The Labute approximate surface area is 105 Å². The van der Waals surface area contributed by atoms with Gasteiger partial charge in [0.05, 0.1) is 0 Å². The largest absolute Gasteiger partial charge is 0 e. The zero-order valence-electron chi connectivity index (χ0n) is 5.33. The van der Waals surface area contributed by atoms with Crippen LogP contribution in [0.25, 0.3) is 0 Å². The zero-order valence-corrected chi connectivity index (χ0v) is 11.5. The molecule has 0 atom stereocenters. The SMILES string of the molecule is [Ba+2].[H-].[H-].[O]=[Cr](=[O])([OH])[OH].[Zr]. The summed E-state index contributed by atoms with van der Waals surface area (Å²) in [5.41, 5.74) is 0. The summed E-state index contributed by atoms with van der Waals surface area (Å²) in [4.78, 5) is 0. The van der Waals surface area contributed by atoms with Crippen LogP contribution >= 0.6 is 0 Å². The van der Waals surface area contributed by atoms with E-state index in [1.165, 1.54) is 0 Å². The summed E-state index contributed by atoms with van der Waals surface area (Å²) in [7, 11) is 0. The van der Waals surface area contributed by atoms with Crippen molar-refractivity contribution in [2.45, 2.75) is 0 Å². The van der Waals surface area contributed by atoms with Crippen molar-refractivity contribution in [2.75, 3.05) is 0 Å². The standard InChI is InChI=1S/Ba.Cr.2H2O.2O.Zr.2H/h;;2*1H2;;;;;/q2*+2;;;;;;2*-1/p-2. The Bertz CT molecular complexity index is 102. The molecule has 0 aliphatic rings. The third-order valence-corrected chi connectivity index (χ3v) is 0. The molecule has 0 aliphatic carbocycles. The van der Waals surface area contributed by atoms with Crippen LogP contribution in [0.4, 0.5) is 0 Å². The molecule has 7 heteroatoms. The maximum absolute atomic E-state index is 8.82. The van der Waals surface area contributed by atoms with Gasteiger partial charge < -0.3 is 2.85 Å². The van der Waals surface area contributed by atoms with Crippen LogP contribution < -0.4 is 0 Å². The molecular weight excluding hydrogens is 345 g/mol. The van der Waals surface area contributed by atoms with E-state index in [0.717, 1.165) is 0 Å². The van der Waals surface area contributed by atoms with Crippen molar-refractivity contribution < 1.29 is 58.6 Å². The fourth-order valence-corrected chi connectivity index (χ4v) is 0. The van der Waals surface area contributed by atoms with Crippen LogP contribution in [-0.2, 0) is 47.4 Å². The van der Waals surface area contributed by atoms with Gasteiger partial charge in [-0.3, -0.25) is 0 Å². The maximum Gasteiger partial charge on any atom is 0 e. The second kappa shape index (κ2) is 6.62. The van der Waals surface area contributed by atoms with Crippen molar-refractivity contribution >= 4 is 48.9 Å². The molecule has 40 valence electrons. The molecule has 0 aromatic carbocycles. The van der Waals surface area contributed by atoms with Gasteiger partial charge in [-0.05, 0) is 0 Å². The Morgan fingerprint density at radius 2 is 1.29 bits per heavy atom. The Balaban J connectivity index is -0.0000000133. The zero-order chi connectivity index (χ0) is 4.50. The van der Waals surface area contributed by atoms with Gasteiger partial charge in [0.1, 0.15) is 0 Å². The third kappa shape index (κ3) is 57.3. The van der Waals surface area contributed by atoms with Crippen molar-refractivity contribution in [3.8, 4) is 0 Å². The molecule has 2 N–H and O–H groups in total. The van der Waals surface area contributed by atoms with Gasteiger partial charge in [0, 0.05) is 26.2 Å². The Morgan fingerprint density at radius 1 is 1.29 bits per heavy atom. The average molecular weight is 349 g/mol. The van der Waals surface area contributed by atoms with E-state index < -0.39 is 13.6 Å². The van der Waals surface area contributed by atoms with E-state index in [9.17, 15) is 0 Å². The second-order valence-corrected chi connectivity index (χ2v) is 1.85. The molecule has 0 saturated heterocycles. The van der Waals surface area contributed by atoms with E-state index in [2.05, 4.69) is 0 Å². The molecule has 0 bridgehead atoms. The van der Waals surface area contributed by atoms with Gasteiger partial charge in [-0.15, -0.1) is 0 Å². The molecule has 0 rings (SSSR count). The molecule has 0 radical (unpaired) electrons. The van der Waals surface area contributed by atoms with E-state index in [4.69, 9.17) is 15.9 Å². The normalized spacial score (nSPS) is 8.29. The maximum atomic E-state index is 8.82. The molecule has 0 aromatic heterocycles. The van der Waals surface area contributed by atoms with E-state index in [0.29, 0.717) is 0 Å². The fourth-order valence-electron chi connectivity index (χ4n) is 0. The van der Waals surface area contributed by atoms with Crippen molar-refractivity contribution in [1.29, 1.82) is 0 Å². The second-order valence-electron chi connectivity index (χ2n) is 0.448.